The zero-order chi connectivity index (χ0) is 21.3. The van der Waals surface area contributed by atoms with E-state index in [-0.39, 0.29) is 11.2 Å². The van der Waals surface area contributed by atoms with Crippen LogP contribution < -0.4 is 16.6 Å². The number of pyridine rings is 1. The van der Waals surface area contributed by atoms with E-state index in [2.05, 4.69) is 20.3 Å². The number of aromatic nitrogens is 5. The highest BCUT2D eigenvalue weighted by Gasteiger charge is 2.26. The monoisotopic (exact) mass is 400 g/mol. The van der Waals surface area contributed by atoms with Crippen LogP contribution in [0.4, 0.5) is 4.79 Å². The molecule has 10 heteroatoms. The molecule has 0 aromatic carbocycles. The van der Waals surface area contributed by atoms with Crippen molar-refractivity contribution in [1.29, 1.82) is 0 Å². The maximum atomic E-state index is 12.4. The van der Waals surface area contributed by atoms with Gasteiger partial charge < -0.3 is 14.6 Å². The number of aryl methyl sites for hydroxylation is 2. The van der Waals surface area contributed by atoms with Crippen LogP contribution in [-0.2, 0) is 25.3 Å². The Morgan fingerprint density at radius 3 is 2.48 bits per heavy atom. The van der Waals surface area contributed by atoms with Gasteiger partial charge in [0.05, 0.1) is 6.04 Å². The molecule has 3 heterocycles. The summed E-state index contributed by atoms with van der Waals surface area (Å²) in [5.41, 5.74) is -0.369. The van der Waals surface area contributed by atoms with Gasteiger partial charge in [-0.15, -0.1) is 0 Å². The second-order valence-corrected chi connectivity index (χ2v) is 7.78. The first-order valence-electron chi connectivity index (χ1n) is 9.11. The van der Waals surface area contributed by atoms with Crippen LogP contribution >= 0.6 is 0 Å². The second kappa shape index (κ2) is 7.53. The largest absolute Gasteiger partial charge is 0.444 e. The Hall–Kier alpha value is -3.43. The van der Waals surface area contributed by atoms with Gasteiger partial charge in [0.1, 0.15) is 11.4 Å². The van der Waals surface area contributed by atoms with E-state index in [4.69, 9.17) is 4.74 Å². The van der Waals surface area contributed by atoms with E-state index in [1.54, 1.807) is 44.8 Å². The predicted octanol–water partition coefficient (Wildman–Crippen LogP) is 1.16. The van der Waals surface area contributed by atoms with Crippen LogP contribution in [0.15, 0.2) is 34.1 Å². The first-order valence-corrected chi connectivity index (χ1v) is 9.11. The minimum absolute atomic E-state index is 0.238. The van der Waals surface area contributed by atoms with Gasteiger partial charge >= 0.3 is 11.8 Å². The number of amides is 1. The van der Waals surface area contributed by atoms with Crippen molar-refractivity contribution in [3.05, 3.63) is 56.8 Å². The normalized spacial score (nSPS) is 12.7. The number of carbonyl (C=O) groups excluding carboxylic acids is 1. The number of fused-ring (bicyclic) bond motifs is 1. The van der Waals surface area contributed by atoms with Crippen LogP contribution in [0.2, 0.25) is 0 Å². The first-order chi connectivity index (χ1) is 13.6. The summed E-state index contributed by atoms with van der Waals surface area (Å²) < 4.78 is 8.23. The molecule has 0 aliphatic heterocycles. The molecule has 0 spiro atoms. The highest BCUT2D eigenvalue weighted by Crippen LogP contribution is 2.21. The zero-order valence-electron chi connectivity index (χ0n) is 17.0. The Balaban J connectivity index is 2.08. The van der Waals surface area contributed by atoms with Crippen molar-refractivity contribution >= 4 is 17.3 Å². The number of H-pyrrole nitrogens is 1. The Labute approximate surface area is 166 Å². The molecule has 1 atom stereocenters. The van der Waals surface area contributed by atoms with E-state index in [0.29, 0.717) is 12.2 Å². The highest BCUT2D eigenvalue weighted by molar-refractivity contribution is 5.72. The smallest absolute Gasteiger partial charge is 0.408 e. The van der Waals surface area contributed by atoms with Gasteiger partial charge in [0.25, 0.3) is 5.56 Å². The molecule has 154 valence electrons. The molecule has 0 fully saturated rings. The summed E-state index contributed by atoms with van der Waals surface area (Å²) >= 11 is 0. The van der Waals surface area contributed by atoms with Gasteiger partial charge in [-0.2, -0.15) is 0 Å². The van der Waals surface area contributed by atoms with E-state index in [9.17, 15) is 14.4 Å². The molecule has 0 saturated heterocycles. The fraction of sp³-hybridized carbons (Fsp3) is 0.421. The van der Waals surface area contributed by atoms with Crippen LogP contribution in [0, 0.1) is 0 Å². The summed E-state index contributed by atoms with van der Waals surface area (Å²) in [5, 5.41) is 2.83. The average molecular weight is 400 g/mol. The number of nitrogens with one attached hydrogen (secondary N) is 2. The standard InChI is InChI=1S/C19H24N6O4/c1-19(2,3)29-18(28)21-12(10-11-6-8-20-9-7-11)14-22-15-13(24(14)4)16(26)23-17(27)25(15)5/h6-9,12H,10H2,1-5H3,(H,21,28)(H,23,26,27). The molecule has 3 rings (SSSR count). The maximum absolute atomic E-state index is 12.4. The van der Waals surface area contributed by atoms with Crippen LogP contribution in [0.1, 0.15) is 38.2 Å². The second-order valence-electron chi connectivity index (χ2n) is 7.78. The number of imidazole rings is 1. The van der Waals surface area contributed by atoms with Crippen LogP contribution in [0.25, 0.3) is 11.2 Å². The Morgan fingerprint density at radius 2 is 1.86 bits per heavy atom. The molecule has 0 radical (unpaired) electrons. The van der Waals surface area contributed by atoms with E-state index in [1.165, 1.54) is 11.6 Å². The quantitative estimate of drug-likeness (QED) is 0.677. The average Bonchev–Trinajstić information content (AvgIpc) is 2.96. The Bertz CT molecular complexity index is 1150. The number of hydrogen-bond donors (Lipinski definition) is 2. The number of alkyl carbamates (subject to hydrolysis) is 1. The minimum Gasteiger partial charge on any atom is -0.444 e. The van der Waals surface area contributed by atoms with E-state index in [0.717, 1.165) is 5.56 Å². The van der Waals surface area contributed by atoms with Gasteiger partial charge in [-0.05, 0) is 38.5 Å². The lowest BCUT2D eigenvalue weighted by Gasteiger charge is -2.23. The van der Waals surface area contributed by atoms with Gasteiger partial charge in [0.15, 0.2) is 11.2 Å². The summed E-state index contributed by atoms with van der Waals surface area (Å²) in [4.78, 5) is 47.5. The van der Waals surface area contributed by atoms with Crippen molar-refractivity contribution in [3.8, 4) is 0 Å². The van der Waals surface area contributed by atoms with Gasteiger partial charge in [0.2, 0.25) is 0 Å². The number of carbonyl (C=O) groups is 1. The fourth-order valence-electron chi connectivity index (χ4n) is 3.05. The van der Waals surface area contributed by atoms with Gasteiger partial charge in [-0.1, -0.05) is 0 Å². The van der Waals surface area contributed by atoms with E-state index < -0.39 is 29.0 Å². The van der Waals surface area contributed by atoms with E-state index >= 15 is 0 Å². The molecule has 29 heavy (non-hydrogen) atoms. The number of ether oxygens (including phenoxy) is 1. The fourth-order valence-corrected chi connectivity index (χ4v) is 3.05. The SMILES string of the molecule is Cn1c(C(Cc2ccncc2)NC(=O)OC(C)(C)C)nc2c1c(=O)[nH]c(=O)n2C. The van der Waals surface area contributed by atoms with Gasteiger partial charge in [0, 0.05) is 32.9 Å². The Kier molecular flexibility index (Phi) is 5.27. The lowest BCUT2D eigenvalue weighted by molar-refractivity contribution is 0.0500. The van der Waals surface area contributed by atoms with Crippen molar-refractivity contribution in [2.75, 3.05) is 0 Å². The van der Waals surface area contributed by atoms with Crippen molar-refractivity contribution in [2.24, 2.45) is 14.1 Å². The molecular weight excluding hydrogens is 376 g/mol. The predicted molar refractivity (Wildman–Crippen MR) is 107 cm³/mol. The summed E-state index contributed by atoms with van der Waals surface area (Å²) in [6.07, 6.45) is 3.10. The number of hydrogen-bond acceptors (Lipinski definition) is 6. The number of aromatic amines is 1. The third-order valence-corrected chi connectivity index (χ3v) is 4.36. The molecule has 0 aliphatic carbocycles. The summed E-state index contributed by atoms with van der Waals surface area (Å²) in [7, 11) is 3.19. The van der Waals surface area contributed by atoms with Crippen LogP contribution in [0.5, 0.6) is 0 Å². The maximum Gasteiger partial charge on any atom is 0.408 e. The van der Waals surface area contributed by atoms with E-state index in [1.807, 2.05) is 12.1 Å². The molecule has 0 aliphatic rings. The topological polar surface area (TPSA) is 124 Å². The summed E-state index contributed by atoms with van der Waals surface area (Å²) in [6.45, 7) is 5.32. The van der Waals surface area contributed by atoms with Crippen LogP contribution in [0.3, 0.4) is 0 Å². The van der Waals surface area contributed by atoms with Crippen molar-refractivity contribution in [2.45, 2.75) is 38.8 Å². The molecular formula is C19H24N6O4. The molecule has 1 amide bonds. The number of rotatable bonds is 4. The molecule has 2 N–H and O–H groups in total. The molecule has 1 unspecified atom stereocenters. The molecule has 3 aromatic heterocycles. The summed E-state index contributed by atoms with van der Waals surface area (Å²) in [6, 6.07) is 3.06. The third kappa shape index (κ3) is 4.36. The molecule has 0 bridgehead atoms. The van der Waals surface area contributed by atoms with Gasteiger partial charge in [-0.25, -0.2) is 14.6 Å². The molecule has 0 saturated carbocycles. The van der Waals surface area contributed by atoms with Crippen molar-refractivity contribution in [1.82, 2.24) is 29.4 Å². The molecule has 10 nitrogen and oxygen atoms in total. The van der Waals surface area contributed by atoms with Gasteiger partial charge in [-0.3, -0.25) is 19.3 Å². The lowest BCUT2D eigenvalue weighted by Crippen LogP contribution is -2.36. The number of nitrogens with zero attached hydrogens (tertiary/aromatic N) is 4. The van der Waals surface area contributed by atoms with Crippen LogP contribution in [-0.4, -0.2) is 35.8 Å². The first kappa shape index (κ1) is 20.3. The minimum atomic E-state index is -0.668. The lowest BCUT2D eigenvalue weighted by atomic mass is 10.1. The Morgan fingerprint density at radius 1 is 1.21 bits per heavy atom. The highest BCUT2D eigenvalue weighted by atomic mass is 16.6. The summed E-state index contributed by atoms with van der Waals surface area (Å²) in [5.74, 6) is 0.425. The zero-order valence-corrected chi connectivity index (χ0v) is 17.0. The molecule has 3 aromatic rings. The van der Waals surface area contributed by atoms with Crippen molar-refractivity contribution in [3.63, 3.8) is 0 Å². The third-order valence-electron chi connectivity index (χ3n) is 4.36. The van der Waals surface area contributed by atoms with Crippen molar-refractivity contribution < 1.29 is 9.53 Å².